The predicted molar refractivity (Wildman–Crippen MR) is 118 cm³/mol. The first-order chi connectivity index (χ1) is 15.1. The van der Waals surface area contributed by atoms with Crippen molar-refractivity contribution in [2.24, 2.45) is 5.73 Å². The minimum atomic E-state index is -0.632. The van der Waals surface area contributed by atoms with Crippen molar-refractivity contribution in [1.29, 1.82) is 0 Å². The van der Waals surface area contributed by atoms with E-state index in [0.29, 0.717) is 34.3 Å². The van der Waals surface area contributed by atoms with Crippen LogP contribution in [0, 0.1) is 0 Å². The lowest BCUT2D eigenvalue weighted by Crippen LogP contribution is -2.28. The summed E-state index contributed by atoms with van der Waals surface area (Å²) in [7, 11) is 0. The standard InChI is InChI=1S/C23H19ClN4O3/c24-17-11-18-22(28-23(26-18)31-16-10-19(21(25)29)30-12-16)27-20(17)15-8-6-14(7-9-15)13-4-2-1-3-5-13/h1-9,11,16,19H,10,12H2,(H2,25,29)(H,26,27,28). The number of hydrogen-bond donors (Lipinski definition) is 2. The number of fused-ring (bicyclic) bond motifs is 1. The van der Waals surface area contributed by atoms with Crippen molar-refractivity contribution in [3.8, 4) is 28.4 Å². The molecule has 0 saturated carbocycles. The number of primary amides is 1. The molecule has 2 aromatic heterocycles. The molecule has 0 spiro atoms. The minimum Gasteiger partial charge on any atom is -0.459 e. The van der Waals surface area contributed by atoms with Gasteiger partial charge in [-0.1, -0.05) is 66.2 Å². The van der Waals surface area contributed by atoms with Crippen molar-refractivity contribution in [3.63, 3.8) is 0 Å². The van der Waals surface area contributed by atoms with E-state index in [-0.39, 0.29) is 12.7 Å². The summed E-state index contributed by atoms with van der Waals surface area (Å²) < 4.78 is 11.1. The Balaban J connectivity index is 1.39. The van der Waals surface area contributed by atoms with Crippen molar-refractivity contribution < 1.29 is 14.3 Å². The second-order valence-corrected chi connectivity index (χ2v) is 7.78. The van der Waals surface area contributed by atoms with E-state index in [1.54, 1.807) is 6.07 Å². The largest absolute Gasteiger partial charge is 0.459 e. The molecule has 31 heavy (non-hydrogen) atoms. The lowest BCUT2D eigenvalue weighted by Gasteiger charge is -2.07. The smallest absolute Gasteiger partial charge is 0.296 e. The maximum Gasteiger partial charge on any atom is 0.296 e. The third-order valence-corrected chi connectivity index (χ3v) is 5.51. The Hall–Kier alpha value is -3.42. The number of pyridine rings is 1. The number of nitrogens with one attached hydrogen (secondary N) is 1. The summed E-state index contributed by atoms with van der Waals surface area (Å²) >= 11 is 6.51. The van der Waals surface area contributed by atoms with Crippen LogP contribution in [0.25, 0.3) is 33.5 Å². The average Bonchev–Trinajstić information content (AvgIpc) is 3.40. The van der Waals surface area contributed by atoms with Crippen molar-refractivity contribution >= 4 is 28.7 Å². The zero-order valence-electron chi connectivity index (χ0n) is 16.4. The Morgan fingerprint density at radius 2 is 1.77 bits per heavy atom. The van der Waals surface area contributed by atoms with Crippen LogP contribution in [-0.4, -0.2) is 39.7 Å². The highest BCUT2D eigenvalue weighted by Crippen LogP contribution is 2.31. The third kappa shape index (κ3) is 3.97. The van der Waals surface area contributed by atoms with Crippen LogP contribution in [0.3, 0.4) is 0 Å². The molecule has 1 fully saturated rings. The van der Waals surface area contributed by atoms with Gasteiger partial charge in [-0.3, -0.25) is 4.79 Å². The molecule has 8 heteroatoms. The number of aromatic nitrogens is 3. The summed E-state index contributed by atoms with van der Waals surface area (Å²) in [6.07, 6.45) is -0.550. The van der Waals surface area contributed by atoms with Crippen molar-refractivity contribution in [1.82, 2.24) is 15.0 Å². The normalized spacial score (nSPS) is 18.4. The third-order valence-electron chi connectivity index (χ3n) is 5.23. The second kappa shape index (κ2) is 8.02. The number of ether oxygens (including phenoxy) is 2. The Bertz CT molecular complexity index is 1240. The molecule has 2 unspecified atom stereocenters. The fourth-order valence-corrected chi connectivity index (χ4v) is 3.90. The summed E-state index contributed by atoms with van der Waals surface area (Å²) in [6.45, 7) is 0.276. The topological polar surface area (TPSA) is 103 Å². The molecule has 0 radical (unpaired) electrons. The molecular weight excluding hydrogens is 416 g/mol. The molecule has 2 aromatic carbocycles. The number of aromatic amines is 1. The van der Waals surface area contributed by atoms with E-state index in [1.807, 2.05) is 42.5 Å². The summed E-state index contributed by atoms with van der Waals surface area (Å²) in [5.74, 6) is -0.493. The van der Waals surface area contributed by atoms with Gasteiger partial charge in [0.1, 0.15) is 12.2 Å². The maximum atomic E-state index is 11.2. The molecule has 2 atom stereocenters. The van der Waals surface area contributed by atoms with Crippen LogP contribution in [0.5, 0.6) is 6.01 Å². The number of nitrogens with zero attached hydrogens (tertiary/aromatic N) is 2. The molecule has 4 aromatic rings. The summed E-state index contributed by atoms with van der Waals surface area (Å²) in [4.78, 5) is 23.4. The summed E-state index contributed by atoms with van der Waals surface area (Å²) in [6, 6.07) is 20.3. The summed E-state index contributed by atoms with van der Waals surface area (Å²) in [5, 5.41) is 0.508. The van der Waals surface area contributed by atoms with Crippen LogP contribution >= 0.6 is 11.6 Å². The summed E-state index contributed by atoms with van der Waals surface area (Å²) in [5.41, 5.74) is 10.2. The molecule has 5 rings (SSSR count). The molecule has 1 amide bonds. The minimum absolute atomic E-state index is 0.276. The molecule has 0 bridgehead atoms. The SMILES string of the molecule is NC(=O)C1CC(Oc2nc3nc(-c4ccc(-c5ccccc5)cc4)c(Cl)cc3[nH]2)CO1. The van der Waals surface area contributed by atoms with Crippen molar-refractivity contribution in [3.05, 3.63) is 65.7 Å². The number of carbonyl (C=O) groups is 1. The zero-order chi connectivity index (χ0) is 21.4. The number of carbonyl (C=O) groups excluding carboxylic acids is 1. The van der Waals surface area contributed by atoms with Crippen LogP contribution in [-0.2, 0) is 9.53 Å². The number of nitrogens with two attached hydrogens (primary N) is 1. The van der Waals surface area contributed by atoms with Gasteiger partial charge < -0.3 is 20.2 Å². The predicted octanol–water partition coefficient (Wildman–Crippen LogP) is 3.97. The van der Waals surface area contributed by atoms with Crippen LogP contribution in [0.15, 0.2) is 60.7 Å². The Morgan fingerprint density at radius 3 is 2.48 bits per heavy atom. The van der Waals surface area contributed by atoms with Crippen LogP contribution in [0.1, 0.15) is 6.42 Å². The fourth-order valence-electron chi connectivity index (χ4n) is 3.64. The highest BCUT2D eigenvalue weighted by molar-refractivity contribution is 6.33. The number of amides is 1. The highest BCUT2D eigenvalue weighted by atomic mass is 35.5. The van der Waals surface area contributed by atoms with Crippen LogP contribution in [0.2, 0.25) is 5.02 Å². The van der Waals surface area contributed by atoms with Gasteiger partial charge in [-0.2, -0.15) is 4.98 Å². The zero-order valence-corrected chi connectivity index (χ0v) is 17.2. The quantitative estimate of drug-likeness (QED) is 0.494. The van der Waals surface area contributed by atoms with Gasteiger partial charge in [0.25, 0.3) is 6.01 Å². The van der Waals surface area contributed by atoms with E-state index < -0.39 is 12.0 Å². The number of rotatable bonds is 5. The Kier molecular flexibility index (Phi) is 5.05. The first-order valence-corrected chi connectivity index (χ1v) is 10.2. The number of H-pyrrole nitrogens is 1. The Labute approximate surface area is 183 Å². The molecule has 3 heterocycles. The monoisotopic (exact) mass is 434 g/mol. The van der Waals surface area contributed by atoms with E-state index in [2.05, 4.69) is 27.1 Å². The van der Waals surface area contributed by atoms with Gasteiger partial charge in [-0.05, 0) is 17.2 Å². The van der Waals surface area contributed by atoms with E-state index in [9.17, 15) is 4.79 Å². The lowest BCUT2D eigenvalue weighted by atomic mass is 10.0. The average molecular weight is 435 g/mol. The maximum absolute atomic E-state index is 11.2. The molecule has 7 nitrogen and oxygen atoms in total. The van der Waals surface area contributed by atoms with E-state index in [1.165, 1.54) is 0 Å². The molecule has 1 aliphatic heterocycles. The van der Waals surface area contributed by atoms with E-state index >= 15 is 0 Å². The van der Waals surface area contributed by atoms with Gasteiger partial charge in [-0.25, -0.2) is 4.98 Å². The highest BCUT2D eigenvalue weighted by Gasteiger charge is 2.31. The fraction of sp³-hybridized carbons (Fsp3) is 0.174. The molecule has 1 aliphatic rings. The van der Waals surface area contributed by atoms with Gasteiger partial charge in [-0.15, -0.1) is 0 Å². The number of hydrogen-bond acceptors (Lipinski definition) is 5. The first kappa shape index (κ1) is 19.5. The van der Waals surface area contributed by atoms with E-state index in [4.69, 9.17) is 26.8 Å². The molecule has 3 N–H and O–H groups in total. The molecular formula is C23H19ClN4O3. The van der Waals surface area contributed by atoms with Gasteiger partial charge in [0.15, 0.2) is 5.65 Å². The molecule has 156 valence electrons. The molecule has 1 saturated heterocycles. The van der Waals surface area contributed by atoms with E-state index in [0.717, 1.165) is 16.7 Å². The van der Waals surface area contributed by atoms with Gasteiger partial charge in [0, 0.05) is 12.0 Å². The number of halogens is 1. The number of imidazole rings is 1. The van der Waals surface area contributed by atoms with Gasteiger partial charge >= 0.3 is 0 Å². The Morgan fingerprint density at radius 1 is 1.06 bits per heavy atom. The second-order valence-electron chi connectivity index (χ2n) is 7.38. The lowest BCUT2D eigenvalue weighted by molar-refractivity contribution is -0.126. The van der Waals surface area contributed by atoms with Crippen LogP contribution < -0.4 is 10.5 Å². The first-order valence-electron chi connectivity index (χ1n) is 9.86. The van der Waals surface area contributed by atoms with Gasteiger partial charge in [0.05, 0.1) is 22.8 Å². The van der Waals surface area contributed by atoms with Crippen LogP contribution in [0.4, 0.5) is 0 Å². The molecule has 0 aliphatic carbocycles. The number of benzene rings is 2. The van der Waals surface area contributed by atoms with Crippen molar-refractivity contribution in [2.75, 3.05) is 6.61 Å². The van der Waals surface area contributed by atoms with Crippen molar-refractivity contribution in [2.45, 2.75) is 18.6 Å². The van der Waals surface area contributed by atoms with Gasteiger partial charge in [0.2, 0.25) is 5.91 Å².